The lowest BCUT2D eigenvalue weighted by Gasteiger charge is -2.13. The molecule has 0 bridgehead atoms. The highest BCUT2D eigenvalue weighted by atomic mass is 16.7. The molecule has 2 rings (SSSR count). The third kappa shape index (κ3) is 4.24. The second kappa shape index (κ2) is 8.11. The summed E-state index contributed by atoms with van der Waals surface area (Å²) in [5.74, 6) is -0.364. The van der Waals surface area contributed by atoms with E-state index >= 15 is 0 Å². The van der Waals surface area contributed by atoms with Crippen LogP contribution in [0, 0.1) is 0 Å². The van der Waals surface area contributed by atoms with Crippen molar-refractivity contribution in [1.82, 2.24) is 0 Å². The first kappa shape index (κ1) is 18.2. The minimum absolute atomic E-state index is 0.00384. The zero-order valence-corrected chi connectivity index (χ0v) is 13.3. The zero-order valence-electron chi connectivity index (χ0n) is 13.3. The van der Waals surface area contributed by atoms with Crippen LogP contribution in [0.4, 0.5) is 0 Å². The maximum absolute atomic E-state index is 11.7. The van der Waals surface area contributed by atoms with Gasteiger partial charge in [0, 0.05) is 13.2 Å². The van der Waals surface area contributed by atoms with Gasteiger partial charge in [0.1, 0.15) is 24.9 Å². The standard InChI is InChI=1S/C16H20O8/c1-21-11-7-9(3-5-10(11)17)4-6-13(18)23-8-12-14(19)15(20)16(22-2)24-12/h3-7,12,14-17,19-20H,8H2,1-2H3/b6-4+/t12-,14-,15+,16+/m0/s1/i13+1. The van der Waals surface area contributed by atoms with Crippen molar-refractivity contribution < 1.29 is 39.1 Å². The summed E-state index contributed by atoms with van der Waals surface area (Å²) >= 11 is 0. The van der Waals surface area contributed by atoms with Gasteiger partial charge in [-0.15, -0.1) is 0 Å². The van der Waals surface area contributed by atoms with Gasteiger partial charge in [-0.25, -0.2) is 4.79 Å². The van der Waals surface area contributed by atoms with E-state index in [1.54, 1.807) is 12.1 Å². The summed E-state index contributed by atoms with van der Waals surface area (Å²) < 4.78 is 20.0. The van der Waals surface area contributed by atoms with Gasteiger partial charge in [-0.05, 0) is 23.8 Å². The highest BCUT2D eigenvalue weighted by Crippen LogP contribution is 2.26. The third-order valence-electron chi connectivity index (χ3n) is 3.56. The highest BCUT2D eigenvalue weighted by molar-refractivity contribution is 5.87. The molecular weight excluding hydrogens is 321 g/mol. The first-order valence-electron chi connectivity index (χ1n) is 7.22. The largest absolute Gasteiger partial charge is 0.504 e. The molecule has 0 radical (unpaired) electrons. The van der Waals surface area contributed by atoms with Gasteiger partial charge in [-0.2, -0.15) is 0 Å². The average Bonchev–Trinajstić information content (AvgIpc) is 2.86. The Kier molecular flexibility index (Phi) is 6.16. The molecule has 8 heteroatoms. The Balaban J connectivity index is 1.87. The molecule has 0 aromatic heterocycles. The van der Waals surface area contributed by atoms with Gasteiger partial charge < -0.3 is 34.3 Å². The number of methoxy groups -OCH3 is 2. The first-order chi connectivity index (χ1) is 11.5. The lowest BCUT2D eigenvalue weighted by molar-refractivity contribution is -0.162. The van der Waals surface area contributed by atoms with Crippen LogP contribution >= 0.6 is 0 Å². The van der Waals surface area contributed by atoms with Crippen LogP contribution in [-0.2, 0) is 19.0 Å². The van der Waals surface area contributed by atoms with Crippen LogP contribution < -0.4 is 4.74 Å². The van der Waals surface area contributed by atoms with Crippen LogP contribution in [0.15, 0.2) is 24.3 Å². The van der Waals surface area contributed by atoms with Crippen LogP contribution in [-0.4, -0.2) is 66.7 Å². The maximum atomic E-state index is 11.7. The van der Waals surface area contributed by atoms with Crippen molar-refractivity contribution >= 4 is 12.0 Å². The predicted molar refractivity (Wildman–Crippen MR) is 82.3 cm³/mol. The number of ether oxygens (including phenoxy) is 4. The summed E-state index contributed by atoms with van der Waals surface area (Å²) in [4.78, 5) is 11.7. The Morgan fingerprint density at radius 2 is 2.04 bits per heavy atom. The normalized spacial score (nSPS) is 26.7. The second-order valence-corrected chi connectivity index (χ2v) is 5.15. The fraction of sp³-hybridized carbons (Fsp3) is 0.438. The molecule has 3 N–H and O–H groups in total. The number of carbonyl (C=O) groups is 1. The van der Waals surface area contributed by atoms with Crippen molar-refractivity contribution in [3.8, 4) is 11.5 Å². The minimum atomic E-state index is -1.20. The van der Waals surface area contributed by atoms with Gasteiger partial charge in [-0.1, -0.05) is 6.07 Å². The van der Waals surface area contributed by atoms with Gasteiger partial charge in [-0.3, -0.25) is 0 Å². The summed E-state index contributed by atoms with van der Waals surface area (Å²) in [5.41, 5.74) is 0.633. The minimum Gasteiger partial charge on any atom is -0.504 e. The number of aliphatic hydroxyl groups excluding tert-OH is 2. The molecule has 1 heterocycles. The summed E-state index contributed by atoms with van der Waals surface area (Å²) in [6.45, 7) is -0.222. The predicted octanol–water partition coefficient (Wildman–Crippen LogP) is 0.0503. The van der Waals surface area contributed by atoms with Crippen molar-refractivity contribution in [2.24, 2.45) is 0 Å². The third-order valence-corrected chi connectivity index (χ3v) is 3.56. The smallest absolute Gasteiger partial charge is 0.330 e. The Hall–Kier alpha value is -2.13. The van der Waals surface area contributed by atoms with Crippen LogP contribution in [0.3, 0.4) is 0 Å². The molecule has 1 aliphatic rings. The summed E-state index contributed by atoms with van der Waals surface area (Å²) in [6, 6.07) is 4.60. The molecule has 0 aliphatic carbocycles. The van der Waals surface area contributed by atoms with Gasteiger partial charge in [0.05, 0.1) is 7.11 Å². The van der Waals surface area contributed by atoms with Gasteiger partial charge in [0.2, 0.25) is 0 Å². The summed E-state index contributed by atoms with van der Waals surface area (Å²) in [7, 11) is 2.76. The molecule has 0 amide bonds. The lowest BCUT2D eigenvalue weighted by atomic mass is 10.1. The fourth-order valence-electron chi connectivity index (χ4n) is 2.22. The van der Waals surface area contributed by atoms with Crippen molar-refractivity contribution in [1.29, 1.82) is 0 Å². The number of benzene rings is 1. The van der Waals surface area contributed by atoms with Crippen LogP contribution in [0.5, 0.6) is 11.5 Å². The zero-order chi connectivity index (χ0) is 17.7. The molecule has 132 valence electrons. The molecule has 1 aliphatic heterocycles. The van der Waals surface area contributed by atoms with Gasteiger partial charge >= 0.3 is 5.97 Å². The Labute approximate surface area is 138 Å². The van der Waals surface area contributed by atoms with Crippen LogP contribution in [0.1, 0.15) is 5.56 Å². The molecule has 0 unspecified atom stereocenters. The number of phenolic OH excluding ortho intramolecular Hbond substituents is 1. The SMILES string of the molecule is COc1cc(/C=C/[13C](=O)OC[C@@H]2O[C@@H](OC)[C@H](O)[C@H]2O)ccc1O. The van der Waals surface area contributed by atoms with E-state index in [0.717, 1.165) is 0 Å². The molecule has 8 nitrogen and oxygen atoms in total. The number of rotatable bonds is 6. The highest BCUT2D eigenvalue weighted by Gasteiger charge is 2.43. The maximum Gasteiger partial charge on any atom is 0.330 e. The molecule has 1 fully saturated rings. The van der Waals surface area contributed by atoms with Crippen LogP contribution in [0.25, 0.3) is 6.08 Å². The number of carbonyl (C=O) groups excluding carboxylic acids is 1. The molecule has 1 aromatic rings. The fourth-order valence-corrected chi connectivity index (χ4v) is 2.22. The molecular formula is C16H20O8. The number of esters is 1. The number of aliphatic hydroxyl groups is 2. The average molecular weight is 341 g/mol. The van der Waals surface area contributed by atoms with E-state index < -0.39 is 30.6 Å². The van der Waals surface area contributed by atoms with E-state index in [1.807, 2.05) is 0 Å². The van der Waals surface area contributed by atoms with Crippen molar-refractivity contribution in [3.05, 3.63) is 29.8 Å². The molecule has 0 saturated carbocycles. The van der Waals surface area contributed by atoms with E-state index in [1.165, 1.54) is 32.4 Å². The van der Waals surface area contributed by atoms with Gasteiger partial charge in [0.25, 0.3) is 0 Å². The number of phenols is 1. The Morgan fingerprint density at radius 3 is 2.67 bits per heavy atom. The van der Waals surface area contributed by atoms with E-state index in [2.05, 4.69) is 0 Å². The summed E-state index contributed by atoms with van der Waals surface area (Å²) in [5, 5.41) is 28.9. The summed E-state index contributed by atoms with van der Waals surface area (Å²) in [6.07, 6.45) is -1.54. The first-order valence-corrected chi connectivity index (χ1v) is 7.22. The number of aromatic hydroxyl groups is 1. The number of hydrogen-bond donors (Lipinski definition) is 3. The van der Waals surface area contributed by atoms with Crippen LogP contribution in [0.2, 0.25) is 0 Å². The number of hydrogen-bond acceptors (Lipinski definition) is 8. The van der Waals surface area contributed by atoms with E-state index in [0.29, 0.717) is 5.56 Å². The Bertz CT molecular complexity index is 600. The van der Waals surface area contributed by atoms with E-state index in [-0.39, 0.29) is 18.1 Å². The molecule has 24 heavy (non-hydrogen) atoms. The van der Waals surface area contributed by atoms with Crippen molar-refractivity contribution in [2.45, 2.75) is 24.6 Å². The topological polar surface area (TPSA) is 115 Å². The van der Waals surface area contributed by atoms with Gasteiger partial charge in [0.15, 0.2) is 17.8 Å². The van der Waals surface area contributed by atoms with E-state index in [9.17, 15) is 20.1 Å². The van der Waals surface area contributed by atoms with Crippen molar-refractivity contribution in [2.75, 3.05) is 20.8 Å². The lowest BCUT2D eigenvalue weighted by Crippen LogP contribution is -2.35. The molecule has 0 spiro atoms. The van der Waals surface area contributed by atoms with Crippen molar-refractivity contribution in [3.63, 3.8) is 0 Å². The molecule has 4 atom stereocenters. The monoisotopic (exact) mass is 341 g/mol. The quantitative estimate of drug-likeness (QED) is 0.378. The second-order valence-electron chi connectivity index (χ2n) is 5.15. The van der Waals surface area contributed by atoms with E-state index in [4.69, 9.17) is 18.9 Å². The molecule has 1 saturated heterocycles. The molecule has 1 aromatic carbocycles. The Morgan fingerprint density at radius 1 is 1.29 bits per heavy atom.